The summed E-state index contributed by atoms with van der Waals surface area (Å²) in [5.41, 5.74) is 4.40. The smallest absolute Gasteiger partial charge is 0.270 e. The Kier molecular flexibility index (Phi) is 3.37. The summed E-state index contributed by atoms with van der Waals surface area (Å²) in [5, 5.41) is 11.1. The SMILES string of the molecule is Cc1ccc(C2=C3C=Cc4cc([N+](=O)[O-])ccc4N3C(C)(C)C2=O)cc1. The van der Waals surface area contributed by atoms with Crippen LogP contribution in [0, 0.1) is 17.0 Å². The lowest BCUT2D eigenvalue weighted by atomic mass is 9.92. The zero-order valence-corrected chi connectivity index (χ0v) is 14.8. The molecule has 0 saturated heterocycles. The second-order valence-electron chi connectivity index (χ2n) is 7.18. The summed E-state index contributed by atoms with van der Waals surface area (Å²) in [5.74, 6) is 0.0483. The largest absolute Gasteiger partial charge is 0.327 e. The maximum atomic E-state index is 13.2. The van der Waals surface area contributed by atoms with Crippen molar-refractivity contribution in [2.45, 2.75) is 26.3 Å². The Morgan fingerprint density at radius 1 is 1.04 bits per heavy atom. The fourth-order valence-electron chi connectivity index (χ4n) is 3.69. The zero-order chi connectivity index (χ0) is 18.6. The summed E-state index contributed by atoms with van der Waals surface area (Å²) in [6, 6.07) is 12.7. The number of allylic oxidation sites excluding steroid dienone is 1. The number of benzene rings is 2. The molecule has 4 rings (SSSR count). The topological polar surface area (TPSA) is 63.5 Å². The van der Waals surface area contributed by atoms with Gasteiger partial charge in [0, 0.05) is 23.4 Å². The summed E-state index contributed by atoms with van der Waals surface area (Å²) in [4.78, 5) is 25.9. The van der Waals surface area contributed by atoms with Gasteiger partial charge in [0.05, 0.1) is 16.2 Å². The van der Waals surface area contributed by atoms with E-state index >= 15 is 0 Å². The number of aryl methyl sites for hydroxylation is 1. The number of fused-ring (bicyclic) bond motifs is 3. The first-order valence-electron chi connectivity index (χ1n) is 8.43. The molecule has 2 aliphatic rings. The minimum atomic E-state index is -0.759. The van der Waals surface area contributed by atoms with E-state index in [4.69, 9.17) is 0 Å². The molecule has 2 aliphatic heterocycles. The Morgan fingerprint density at radius 2 is 1.73 bits per heavy atom. The number of non-ortho nitro benzene ring substituents is 1. The van der Waals surface area contributed by atoms with Crippen LogP contribution in [-0.4, -0.2) is 16.2 Å². The molecule has 2 aromatic rings. The lowest BCUT2D eigenvalue weighted by Crippen LogP contribution is -2.45. The van der Waals surface area contributed by atoms with E-state index in [1.54, 1.807) is 12.1 Å². The second kappa shape index (κ2) is 5.39. The highest BCUT2D eigenvalue weighted by Crippen LogP contribution is 2.47. The first-order valence-corrected chi connectivity index (χ1v) is 8.43. The van der Waals surface area contributed by atoms with Crippen molar-refractivity contribution in [3.05, 3.63) is 81.0 Å². The van der Waals surface area contributed by atoms with Gasteiger partial charge in [0.1, 0.15) is 5.54 Å². The van der Waals surface area contributed by atoms with Crippen molar-refractivity contribution in [2.75, 3.05) is 4.90 Å². The van der Waals surface area contributed by atoms with Crippen LogP contribution in [0.25, 0.3) is 11.6 Å². The monoisotopic (exact) mass is 346 g/mol. The van der Waals surface area contributed by atoms with Crippen LogP contribution >= 0.6 is 0 Å². The number of carbonyl (C=O) groups is 1. The molecule has 2 aromatic carbocycles. The van der Waals surface area contributed by atoms with Gasteiger partial charge in [-0.05, 0) is 38.5 Å². The van der Waals surface area contributed by atoms with Crippen LogP contribution in [0.15, 0.2) is 54.2 Å². The molecule has 0 aliphatic carbocycles. The van der Waals surface area contributed by atoms with Gasteiger partial charge in [-0.25, -0.2) is 0 Å². The Balaban J connectivity index is 1.93. The summed E-state index contributed by atoms with van der Waals surface area (Å²) in [6.07, 6.45) is 3.73. The number of nitrogens with zero attached hydrogens (tertiary/aromatic N) is 2. The minimum absolute atomic E-state index is 0.0444. The average molecular weight is 346 g/mol. The lowest BCUT2D eigenvalue weighted by Gasteiger charge is -2.36. The van der Waals surface area contributed by atoms with Crippen LogP contribution in [0.2, 0.25) is 0 Å². The molecule has 0 N–H and O–H groups in total. The number of ketones is 1. The number of carbonyl (C=O) groups excluding carboxylic acids is 1. The fraction of sp³-hybridized carbons (Fsp3) is 0.190. The molecule has 130 valence electrons. The van der Waals surface area contributed by atoms with E-state index in [-0.39, 0.29) is 11.5 Å². The number of hydrogen-bond acceptors (Lipinski definition) is 4. The van der Waals surface area contributed by atoms with Crippen molar-refractivity contribution in [1.29, 1.82) is 0 Å². The van der Waals surface area contributed by atoms with Gasteiger partial charge in [-0.2, -0.15) is 0 Å². The number of rotatable bonds is 2. The van der Waals surface area contributed by atoms with Gasteiger partial charge in [0.25, 0.3) is 5.69 Å². The van der Waals surface area contributed by atoms with E-state index in [0.29, 0.717) is 5.57 Å². The molecule has 0 bridgehead atoms. The highest BCUT2D eigenvalue weighted by atomic mass is 16.6. The number of hydrogen-bond donors (Lipinski definition) is 0. The minimum Gasteiger partial charge on any atom is -0.327 e. The van der Waals surface area contributed by atoms with Crippen LogP contribution in [0.3, 0.4) is 0 Å². The molecule has 0 spiro atoms. The van der Waals surface area contributed by atoms with Crippen LogP contribution in [0.1, 0.15) is 30.5 Å². The highest BCUT2D eigenvalue weighted by molar-refractivity contribution is 6.31. The number of nitro benzene ring substituents is 1. The molecule has 0 atom stereocenters. The molecule has 5 nitrogen and oxygen atoms in total. The molecule has 0 aromatic heterocycles. The van der Waals surface area contributed by atoms with E-state index in [9.17, 15) is 14.9 Å². The van der Waals surface area contributed by atoms with Gasteiger partial charge in [0.2, 0.25) is 0 Å². The molecule has 0 unspecified atom stereocenters. The molecule has 0 fully saturated rings. The fourth-order valence-corrected chi connectivity index (χ4v) is 3.69. The first-order chi connectivity index (χ1) is 12.3. The summed E-state index contributed by atoms with van der Waals surface area (Å²) >= 11 is 0. The number of anilines is 1. The Labute approximate surface area is 151 Å². The van der Waals surface area contributed by atoms with E-state index in [1.807, 2.05) is 62.1 Å². The Morgan fingerprint density at radius 3 is 2.38 bits per heavy atom. The Hall–Kier alpha value is -3.21. The molecule has 5 heteroatoms. The average Bonchev–Trinajstić information content (AvgIpc) is 2.82. The van der Waals surface area contributed by atoms with Gasteiger partial charge in [-0.1, -0.05) is 35.9 Å². The second-order valence-corrected chi connectivity index (χ2v) is 7.18. The third-order valence-electron chi connectivity index (χ3n) is 5.06. The number of nitro groups is 1. The maximum absolute atomic E-state index is 13.2. The normalized spacial score (nSPS) is 17.3. The molecule has 2 heterocycles. The van der Waals surface area contributed by atoms with Crippen molar-refractivity contribution in [1.82, 2.24) is 0 Å². The molecular formula is C21H18N2O3. The summed E-state index contributed by atoms with van der Waals surface area (Å²) < 4.78 is 0. The highest BCUT2D eigenvalue weighted by Gasteiger charge is 2.47. The van der Waals surface area contributed by atoms with Gasteiger partial charge < -0.3 is 4.90 Å². The summed E-state index contributed by atoms with van der Waals surface area (Å²) in [7, 11) is 0. The zero-order valence-electron chi connectivity index (χ0n) is 14.8. The predicted octanol–water partition coefficient (Wildman–Crippen LogP) is 4.51. The molecule has 0 radical (unpaired) electrons. The van der Waals surface area contributed by atoms with E-state index in [1.165, 1.54) is 6.07 Å². The molecule has 0 amide bonds. The Bertz CT molecular complexity index is 1010. The van der Waals surface area contributed by atoms with Crippen LogP contribution in [0.4, 0.5) is 11.4 Å². The number of Topliss-reactive ketones (excluding diaryl/α,β-unsaturated/α-hetero) is 1. The summed E-state index contributed by atoms with van der Waals surface area (Å²) in [6.45, 7) is 5.79. The third kappa shape index (κ3) is 2.20. The molecule has 26 heavy (non-hydrogen) atoms. The maximum Gasteiger partial charge on any atom is 0.270 e. The van der Waals surface area contributed by atoms with Crippen LogP contribution in [-0.2, 0) is 4.79 Å². The van der Waals surface area contributed by atoms with E-state index in [2.05, 4.69) is 0 Å². The van der Waals surface area contributed by atoms with Gasteiger partial charge in [0.15, 0.2) is 5.78 Å². The van der Waals surface area contributed by atoms with E-state index < -0.39 is 10.5 Å². The third-order valence-corrected chi connectivity index (χ3v) is 5.06. The van der Waals surface area contributed by atoms with Crippen molar-refractivity contribution in [3.8, 4) is 0 Å². The van der Waals surface area contributed by atoms with Crippen molar-refractivity contribution >= 4 is 28.8 Å². The van der Waals surface area contributed by atoms with Crippen molar-refractivity contribution in [3.63, 3.8) is 0 Å². The first kappa shape index (κ1) is 16.3. The molecule has 0 saturated carbocycles. The van der Waals surface area contributed by atoms with Crippen LogP contribution in [0.5, 0.6) is 0 Å². The standard InChI is InChI=1S/C21H18N2O3/c1-13-4-6-14(7-5-13)19-18-10-8-15-12-16(23(25)26)9-11-17(15)22(18)21(2,3)20(19)24/h4-12H,1-3H3. The van der Waals surface area contributed by atoms with Gasteiger partial charge >= 0.3 is 0 Å². The van der Waals surface area contributed by atoms with Gasteiger partial charge in [-0.15, -0.1) is 0 Å². The van der Waals surface area contributed by atoms with Crippen LogP contribution < -0.4 is 4.90 Å². The molecular weight excluding hydrogens is 328 g/mol. The van der Waals surface area contributed by atoms with Crippen molar-refractivity contribution < 1.29 is 9.72 Å². The lowest BCUT2D eigenvalue weighted by molar-refractivity contribution is -0.384. The van der Waals surface area contributed by atoms with E-state index in [0.717, 1.165) is 28.1 Å². The van der Waals surface area contributed by atoms with Crippen molar-refractivity contribution in [2.24, 2.45) is 0 Å². The van der Waals surface area contributed by atoms with Gasteiger partial charge in [-0.3, -0.25) is 14.9 Å². The quantitative estimate of drug-likeness (QED) is 0.593. The predicted molar refractivity (Wildman–Crippen MR) is 102 cm³/mol.